The predicted molar refractivity (Wildman–Crippen MR) is 89.1 cm³/mol. The van der Waals surface area contributed by atoms with E-state index in [1.165, 1.54) is 0 Å². The Labute approximate surface area is 132 Å². The summed E-state index contributed by atoms with van der Waals surface area (Å²) in [7, 11) is 0. The Morgan fingerprint density at radius 2 is 1.73 bits per heavy atom. The molecule has 0 atom stereocenters. The lowest BCUT2D eigenvalue weighted by Crippen LogP contribution is -2.24. The van der Waals surface area contributed by atoms with Crippen molar-refractivity contribution in [2.24, 2.45) is 0 Å². The molecule has 0 spiro atoms. The molecule has 2 aromatic carbocycles. The average Bonchev–Trinajstić information content (AvgIpc) is 2.58. The maximum absolute atomic E-state index is 11.9. The third-order valence-electron chi connectivity index (χ3n) is 3.43. The van der Waals surface area contributed by atoms with Gasteiger partial charge in [-0.25, -0.2) is 0 Å². The molecule has 22 heavy (non-hydrogen) atoms. The van der Waals surface area contributed by atoms with Crippen molar-refractivity contribution < 1.29 is 9.53 Å². The first-order chi connectivity index (χ1) is 10.8. The average molecular weight is 297 g/mol. The molecule has 0 fully saturated rings. The van der Waals surface area contributed by atoms with Crippen LogP contribution >= 0.6 is 0 Å². The van der Waals surface area contributed by atoms with Gasteiger partial charge < -0.3 is 10.1 Å². The van der Waals surface area contributed by atoms with Crippen LogP contribution in [0.25, 0.3) is 0 Å². The summed E-state index contributed by atoms with van der Waals surface area (Å²) in [6.45, 7) is 3.42. The van der Waals surface area contributed by atoms with Crippen molar-refractivity contribution >= 4 is 5.91 Å². The Bertz CT molecular complexity index is 564. The largest absolute Gasteiger partial charge is 0.489 e. The fourth-order valence-corrected chi connectivity index (χ4v) is 2.12. The van der Waals surface area contributed by atoms with Gasteiger partial charge in [0.1, 0.15) is 12.4 Å². The molecule has 2 rings (SSSR count). The Morgan fingerprint density at radius 1 is 1.00 bits per heavy atom. The molecule has 0 aromatic heterocycles. The van der Waals surface area contributed by atoms with Crippen LogP contribution in [0.5, 0.6) is 5.75 Å². The van der Waals surface area contributed by atoms with Crippen LogP contribution in [0.3, 0.4) is 0 Å². The van der Waals surface area contributed by atoms with Gasteiger partial charge >= 0.3 is 0 Å². The monoisotopic (exact) mass is 297 g/mol. The van der Waals surface area contributed by atoms with E-state index >= 15 is 0 Å². The molecule has 0 bridgehead atoms. The first-order valence-corrected chi connectivity index (χ1v) is 7.84. The van der Waals surface area contributed by atoms with E-state index in [1.54, 1.807) is 12.1 Å². The molecule has 0 radical (unpaired) electrons. The fourth-order valence-electron chi connectivity index (χ4n) is 2.12. The van der Waals surface area contributed by atoms with E-state index < -0.39 is 0 Å². The lowest BCUT2D eigenvalue weighted by molar-refractivity contribution is 0.0953. The van der Waals surface area contributed by atoms with Gasteiger partial charge in [-0.1, -0.05) is 50.1 Å². The number of carbonyl (C=O) groups excluding carboxylic acids is 1. The summed E-state index contributed by atoms with van der Waals surface area (Å²) >= 11 is 0. The van der Waals surface area contributed by atoms with Gasteiger partial charge in [-0.3, -0.25) is 4.79 Å². The van der Waals surface area contributed by atoms with Gasteiger partial charge in [0.2, 0.25) is 0 Å². The maximum atomic E-state index is 11.9. The van der Waals surface area contributed by atoms with Crippen molar-refractivity contribution in [2.45, 2.75) is 32.8 Å². The first-order valence-electron chi connectivity index (χ1n) is 7.84. The minimum absolute atomic E-state index is 0.0225. The van der Waals surface area contributed by atoms with Crippen LogP contribution in [0.1, 0.15) is 42.1 Å². The second-order valence-electron chi connectivity index (χ2n) is 5.26. The summed E-state index contributed by atoms with van der Waals surface area (Å²) in [5.41, 5.74) is 1.80. The molecule has 3 heteroatoms. The lowest BCUT2D eigenvalue weighted by atomic mass is 10.2. The Balaban J connectivity index is 1.81. The van der Waals surface area contributed by atoms with E-state index in [4.69, 9.17) is 4.74 Å². The molecule has 0 heterocycles. The van der Waals surface area contributed by atoms with E-state index in [2.05, 4.69) is 12.2 Å². The topological polar surface area (TPSA) is 38.3 Å². The molecular formula is C19H23NO2. The molecular weight excluding hydrogens is 274 g/mol. The smallest absolute Gasteiger partial charge is 0.251 e. The lowest BCUT2D eigenvalue weighted by Gasteiger charge is -2.08. The van der Waals surface area contributed by atoms with Gasteiger partial charge in [0, 0.05) is 12.1 Å². The van der Waals surface area contributed by atoms with Crippen molar-refractivity contribution in [3.63, 3.8) is 0 Å². The number of benzene rings is 2. The summed E-state index contributed by atoms with van der Waals surface area (Å²) in [6, 6.07) is 17.3. The third-order valence-corrected chi connectivity index (χ3v) is 3.43. The van der Waals surface area contributed by atoms with Gasteiger partial charge in [-0.15, -0.1) is 0 Å². The number of unbranched alkanes of at least 4 members (excludes halogenated alkanes) is 2. The zero-order chi connectivity index (χ0) is 15.6. The van der Waals surface area contributed by atoms with Crippen LogP contribution in [-0.2, 0) is 6.61 Å². The number of ether oxygens (including phenoxy) is 1. The maximum Gasteiger partial charge on any atom is 0.251 e. The summed E-state index contributed by atoms with van der Waals surface area (Å²) in [6.07, 6.45) is 3.33. The Morgan fingerprint density at radius 3 is 2.41 bits per heavy atom. The van der Waals surface area contributed by atoms with Crippen LogP contribution < -0.4 is 10.1 Å². The zero-order valence-corrected chi connectivity index (χ0v) is 13.0. The van der Waals surface area contributed by atoms with Crippen molar-refractivity contribution in [3.8, 4) is 5.75 Å². The normalized spacial score (nSPS) is 10.2. The number of nitrogens with one attached hydrogen (secondary N) is 1. The molecule has 1 amide bonds. The highest BCUT2D eigenvalue weighted by atomic mass is 16.5. The second kappa shape index (κ2) is 8.88. The molecule has 0 saturated carbocycles. The second-order valence-corrected chi connectivity index (χ2v) is 5.26. The Kier molecular flexibility index (Phi) is 6.49. The number of amides is 1. The number of hydrogen-bond acceptors (Lipinski definition) is 2. The van der Waals surface area contributed by atoms with Crippen LogP contribution in [-0.4, -0.2) is 12.5 Å². The fraction of sp³-hybridized carbons (Fsp3) is 0.316. The van der Waals surface area contributed by atoms with Gasteiger partial charge in [0.25, 0.3) is 5.91 Å². The molecule has 2 aromatic rings. The van der Waals surface area contributed by atoms with Crippen LogP contribution in [0.4, 0.5) is 0 Å². The van der Waals surface area contributed by atoms with E-state index in [9.17, 15) is 4.79 Å². The zero-order valence-electron chi connectivity index (χ0n) is 13.0. The highest BCUT2D eigenvalue weighted by Gasteiger charge is 2.04. The molecule has 0 aliphatic carbocycles. The summed E-state index contributed by atoms with van der Waals surface area (Å²) in [4.78, 5) is 11.9. The SMILES string of the molecule is CCCCCNC(=O)c1ccc(OCc2ccccc2)cc1. The Hall–Kier alpha value is -2.29. The van der Waals surface area contributed by atoms with Gasteiger partial charge in [0.05, 0.1) is 0 Å². The number of carbonyl (C=O) groups is 1. The predicted octanol–water partition coefficient (Wildman–Crippen LogP) is 4.19. The third kappa shape index (κ3) is 5.24. The molecule has 0 unspecified atom stereocenters. The molecule has 1 N–H and O–H groups in total. The highest BCUT2D eigenvalue weighted by Crippen LogP contribution is 2.14. The minimum atomic E-state index is -0.0225. The van der Waals surface area contributed by atoms with Crippen LogP contribution in [0, 0.1) is 0 Å². The van der Waals surface area contributed by atoms with Crippen molar-refractivity contribution in [2.75, 3.05) is 6.54 Å². The summed E-state index contributed by atoms with van der Waals surface area (Å²) in [5.74, 6) is 0.747. The van der Waals surface area contributed by atoms with Crippen molar-refractivity contribution in [1.82, 2.24) is 5.32 Å². The quantitative estimate of drug-likeness (QED) is 0.742. The van der Waals surface area contributed by atoms with Gasteiger partial charge in [0.15, 0.2) is 0 Å². The van der Waals surface area contributed by atoms with E-state index in [1.807, 2.05) is 42.5 Å². The van der Waals surface area contributed by atoms with Gasteiger partial charge in [-0.05, 0) is 36.2 Å². The van der Waals surface area contributed by atoms with Crippen LogP contribution in [0.2, 0.25) is 0 Å². The number of hydrogen-bond donors (Lipinski definition) is 1. The summed E-state index contributed by atoms with van der Waals surface area (Å²) < 4.78 is 5.71. The van der Waals surface area contributed by atoms with E-state index in [-0.39, 0.29) is 5.91 Å². The van der Waals surface area contributed by atoms with Crippen LogP contribution in [0.15, 0.2) is 54.6 Å². The number of rotatable bonds is 8. The minimum Gasteiger partial charge on any atom is -0.489 e. The standard InChI is InChI=1S/C19H23NO2/c1-2-3-7-14-20-19(21)17-10-12-18(13-11-17)22-15-16-8-5-4-6-9-16/h4-6,8-13H,2-3,7,14-15H2,1H3,(H,20,21). The van der Waals surface area contributed by atoms with Crippen molar-refractivity contribution in [3.05, 3.63) is 65.7 Å². The molecule has 0 aliphatic heterocycles. The van der Waals surface area contributed by atoms with Crippen molar-refractivity contribution in [1.29, 1.82) is 0 Å². The molecule has 116 valence electrons. The molecule has 0 saturated heterocycles. The molecule has 0 aliphatic rings. The van der Waals surface area contributed by atoms with E-state index in [0.717, 1.165) is 37.1 Å². The van der Waals surface area contributed by atoms with Gasteiger partial charge in [-0.2, -0.15) is 0 Å². The first kappa shape index (κ1) is 16.1. The molecule has 3 nitrogen and oxygen atoms in total. The highest BCUT2D eigenvalue weighted by molar-refractivity contribution is 5.94. The van der Waals surface area contributed by atoms with E-state index in [0.29, 0.717) is 12.2 Å². The summed E-state index contributed by atoms with van der Waals surface area (Å²) in [5, 5.41) is 2.93.